The monoisotopic (exact) mass is 670 g/mol. The molecule has 0 aliphatic heterocycles. The predicted octanol–water partition coefficient (Wildman–Crippen LogP) is 13.8. The average molecular weight is 671 g/mol. The van der Waals surface area contributed by atoms with Gasteiger partial charge in [0.2, 0.25) is 0 Å². The van der Waals surface area contributed by atoms with Gasteiger partial charge < -0.3 is 14.2 Å². The van der Waals surface area contributed by atoms with Crippen molar-refractivity contribution in [2.75, 3.05) is 9.80 Å². The second-order valence-electron chi connectivity index (χ2n) is 13.4. The van der Waals surface area contributed by atoms with E-state index in [-0.39, 0.29) is 11.8 Å². The normalized spacial score (nSPS) is 14.9. The van der Waals surface area contributed by atoms with Gasteiger partial charge in [0.25, 0.3) is 0 Å². The summed E-state index contributed by atoms with van der Waals surface area (Å²) in [6.07, 6.45) is 4.59. The van der Waals surface area contributed by atoms with Gasteiger partial charge in [0.1, 0.15) is 11.3 Å². The summed E-state index contributed by atoms with van der Waals surface area (Å²) in [6.45, 7) is 2.29. The average Bonchev–Trinajstić information content (AvgIpc) is 3.59. The molecule has 0 N–H and O–H groups in total. The van der Waals surface area contributed by atoms with Gasteiger partial charge in [-0.15, -0.1) is 0 Å². The Hall–Kier alpha value is -6.58. The van der Waals surface area contributed by atoms with Gasteiger partial charge in [0, 0.05) is 56.6 Å². The van der Waals surface area contributed by atoms with Crippen LogP contribution in [-0.2, 0) is 0 Å². The van der Waals surface area contributed by atoms with Gasteiger partial charge in [-0.25, -0.2) is 0 Å². The third-order valence-electron chi connectivity index (χ3n) is 10.2. The lowest BCUT2D eigenvalue weighted by molar-refractivity contribution is 0.469. The molecule has 0 spiro atoms. The Morgan fingerprint density at radius 3 is 1.37 bits per heavy atom. The quantitative estimate of drug-likeness (QED) is 0.160. The van der Waals surface area contributed by atoms with E-state index in [1.54, 1.807) is 0 Å². The highest BCUT2D eigenvalue weighted by Gasteiger charge is 2.31. The lowest BCUT2D eigenvalue weighted by Gasteiger charge is -2.27. The molecule has 1 aliphatic rings. The number of hydrogen-bond donors (Lipinski definition) is 0. The van der Waals surface area contributed by atoms with Crippen LogP contribution in [0, 0.1) is 5.92 Å². The lowest BCUT2D eigenvalue weighted by Crippen LogP contribution is -2.14. The molecule has 0 fully saturated rings. The van der Waals surface area contributed by atoms with Gasteiger partial charge in [0.15, 0.2) is 0 Å². The summed E-state index contributed by atoms with van der Waals surface area (Å²) in [5, 5.41) is 1.15. The molecule has 2 atom stereocenters. The summed E-state index contributed by atoms with van der Waals surface area (Å²) in [7, 11) is 0. The first-order chi connectivity index (χ1) is 25.7. The van der Waals surface area contributed by atoms with Gasteiger partial charge in [-0.3, -0.25) is 0 Å². The summed E-state index contributed by atoms with van der Waals surface area (Å²) < 4.78 is 6.97. The van der Waals surface area contributed by atoms with E-state index in [0.717, 1.165) is 62.0 Å². The minimum absolute atomic E-state index is 0.101. The predicted molar refractivity (Wildman–Crippen MR) is 217 cm³/mol. The smallest absolute Gasteiger partial charge is 0.142 e. The standard InChI is InChI=1S/C49H38N2O/c1-35-25-34-46-45-24-14-23-44(36-26-30-42(31-27-36)50(38-15-6-2-7-16-38)39-17-8-3-9-18-39)48(45)52-49(46)47(35)37-28-32-43(33-29-37)51(40-19-10-4-11-20-40)41-21-12-5-13-22-41/h2-35,47H,1H3. The maximum atomic E-state index is 6.97. The van der Waals surface area contributed by atoms with Crippen LogP contribution in [0.4, 0.5) is 34.1 Å². The summed E-state index contributed by atoms with van der Waals surface area (Å²) in [4.78, 5) is 4.59. The van der Waals surface area contributed by atoms with Crippen LogP contribution in [0.25, 0.3) is 28.2 Å². The van der Waals surface area contributed by atoms with E-state index in [0.29, 0.717) is 0 Å². The summed E-state index contributed by atoms with van der Waals surface area (Å²) in [5.41, 5.74) is 12.3. The first kappa shape index (κ1) is 31.4. The molecule has 0 bridgehead atoms. The van der Waals surface area contributed by atoms with Crippen LogP contribution < -0.4 is 9.80 Å². The zero-order valence-electron chi connectivity index (χ0n) is 29.0. The Morgan fingerprint density at radius 1 is 0.442 bits per heavy atom. The van der Waals surface area contributed by atoms with Crippen LogP contribution in [0.5, 0.6) is 0 Å². The van der Waals surface area contributed by atoms with Crippen molar-refractivity contribution in [2.24, 2.45) is 5.92 Å². The highest BCUT2D eigenvalue weighted by Crippen LogP contribution is 2.46. The Bertz CT molecular complexity index is 2370. The number of rotatable bonds is 8. The van der Waals surface area contributed by atoms with Crippen LogP contribution >= 0.6 is 0 Å². The molecule has 1 aromatic heterocycles. The molecule has 8 aromatic rings. The topological polar surface area (TPSA) is 19.6 Å². The Labute approximate surface area is 305 Å². The minimum Gasteiger partial charge on any atom is -0.459 e. The highest BCUT2D eigenvalue weighted by atomic mass is 16.3. The van der Waals surface area contributed by atoms with Crippen LogP contribution in [0.15, 0.2) is 199 Å². The fourth-order valence-electron chi connectivity index (χ4n) is 7.66. The Balaban J connectivity index is 1.07. The van der Waals surface area contributed by atoms with Crippen LogP contribution in [0.1, 0.15) is 29.7 Å². The van der Waals surface area contributed by atoms with Crippen molar-refractivity contribution in [3.8, 4) is 11.1 Å². The highest BCUT2D eigenvalue weighted by molar-refractivity contribution is 5.99. The SMILES string of the molecule is CC1C=Cc2c(oc3c(-c4ccc(N(c5ccccc5)c5ccccc5)cc4)cccc23)C1c1ccc(N(c2ccccc2)c2ccccc2)cc1. The number of hydrogen-bond acceptors (Lipinski definition) is 3. The van der Waals surface area contributed by atoms with Crippen molar-refractivity contribution in [3.05, 3.63) is 211 Å². The van der Waals surface area contributed by atoms with E-state index in [9.17, 15) is 0 Å². The van der Waals surface area contributed by atoms with Crippen molar-refractivity contribution in [1.29, 1.82) is 0 Å². The third kappa shape index (κ3) is 5.76. The third-order valence-corrected chi connectivity index (χ3v) is 10.2. The fourth-order valence-corrected chi connectivity index (χ4v) is 7.66. The number of allylic oxidation sites excluding steroid dienone is 1. The number of anilines is 6. The van der Waals surface area contributed by atoms with Gasteiger partial charge >= 0.3 is 0 Å². The summed E-state index contributed by atoms with van der Waals surface area (Å²) in [6, 6.07) is 66.5. The first-order valence-corrected chi connectivity index (χ1v) is 18.0. The van der Waals surface area contributed by atoms with E-state index < -0.39 is 0 Å². The molecule has 2 unspecified atom stereocenters. The summed E-state index contributed by atoms with van der Waals surface area (Å²) in [5.74, 6) is 1.41. The Morgan fingerprint density at radius 2 is 0.885 bits per heavy atom. The fraction of sp³-hybridized carbons (Fsp3) is 0.0612. The molecule has 52 heavy (non-hydrogen) atoms. The number of fused-ring (bicyclic) bond motifs is 3. The molecule has 7 aromatic carbocycles. The minimum atomic E-state index is 0.101. The van der Waals surface area contributed by atoms with Gasteiger partial charge in [-0.2, -0.15) is 0 Å². The van der Waals surface area contributed by atoms with E-state index in [2.05, 4.69) is 217 Å². The van der Waals surface area contributed by atoms with Gasteiger partial charge in [0.05, 0.1) is 0 Å². The van der Waals surface area contributed by atoms with Crippen LogP contribution in [0.2, 0.25) is 0 Å². The lowest BCUT2D eigenvalue weighted by atomic mass is 9.79. The number of benzene rings is 7. The van der Waals surface area contributed by atoms with Gasteiger partial charge in [-0.05, 0) is 89.8 Å². The van der Waals surface area contributed by atoms with E-state index in [1.807, 2.05) is 0 Å². The molecule has 0 saturated carbocycles. The van der Waals surface area contributed by atoms with E-state index >= 15 is 0 Å². The maximum absolute atomic E-state index is 6.97. The molecular weight excluding hydrogens is 633 g/mol. The number of para-hydroxylation sites is 5. The van der Waals surface area contributed by atoms with E-state index in [1.165, 1.54) is 11.1 Å². The van der Waals surface area contributed by atoms with Crippen molar-refractivity contribution in [1.82, 2.24) is 0 Å². The first-order valence-electron chi connectivity index (χ1n) is 18.0. The number of furan rings is 1. The van der Waals surface area contributed by atoms with Gasteiger partial charge in [-0.1, -0.05) is 134 Å². The molecule has 250 valence electrons. The molecule has 9 rings (SSSR count). The Kier molecular flexibility index (Phi) is 8.22. The molecule has 1 aliphatic carbocycles. The zero-order chi connectivity index (χ0) is 34.9. The maximum Gasteiger partial charge on any atom is 0.142 e. The van der Waals surface area contributed by atoms with Crippen LogP contribution in [0.3, 0.4) is 0 Å². The van der Waals surface area contributed by atoms with Crippen molar-refractivity contribution in [2.45, 2.75) is 12.8 Å². The molecule has 0 saturated heterocycles. The molecular formula is C49H38N2O. The second-order valence-corrected chi connectivity index (χ2v) is 13.4. The van der Waals surface area contributed by atoms with Crippen LogP contribution in [-0.4, -0.2) is 0 Å². The molecule has 3 nitrogen and oxygen atoms in total. The molecule has 0 radical (unpaired) electrons. The largest absolute Gasteiger partial charge is 0.459 e. The second kappa shape index (κ2) is 13.6. The zero-order valence-corrected chi connectivity index (χ0v) is 29.0. The molecule has 3 heteroatoms. The molecule has 0 amide bonds. The van der Waals surface area contributed by atoms with E-state index in [4.69, 9.17) is 4.42 Å². The summed E-state index contributed by atoms with van der Waals surface area (Å²) >= 11 is 0. The van der Waals surface area contributed by atoms with Crippen molar-refractivity contribution < 1.29 is 4.42 Å². The van der Waals surface area contributed by atoms with Crippen molar-refractivity contribution >= 4 is 51.2 Å². The number of nitrogens with zero attached hydrogens (tertiary/aromatic N) is 2. The van der Waals surface area contributed by atoms with Crippen molar-refractivity contribution in [3.63, 3.8) is 0 Å². The molecule has 1 heterocycles.